The lowest BCUT2D eigenvalue weighted by Crippen LogP contribution is -2.24. The minimum atomic E-state index is -0.401. The van der Waals surface area contributed by atoms with Crippen molar-refractivity contribution in [3.05, 3.63) is 63.8 Å². The number of nitrogens with two attached hydrogens (primary N) is 1. The van der Waals surface area contributed by atoms with Gasteiger partial charge in [-0.3, -0.25) is 4.79 Å². The lowest BCUT2D eigenvalue weighted by molar-refractivity contribution is 0.0947. The van der Waals surface area contributed by atoms with Gasteiger partial charge in [-0.1, -0.05) is 41.0 Å². The molecule has 1 aromatic heterocycles. The van der Waals surface area contributed by atoms with Crippen LogP contribution in [0, 0.1) is 0 Å². The molecule has 2 aromatic carbocycles. The maximum atomic E-state index is 12.0. The number of benzene rings is 2. The number of rotatable bonds is 5. The van der Waals surface area contributed by atoms with Crippen LogP contribution in [0.5, 0.6) is 0 Å². The van der Waals surface area contributed by atoms with Gasteiger partial charge >= 0.3 is 0 Å². The molecule has 1 amide bonds. The Morgan fingerprint density at radius 3 is 2.56 bits per heavy atom. The molecule has 0 unspecified atom stereocenters. The molecule has 0 spiro atoms. The third-order valence-corrected chi connectivity index (χ3v) is 5.04. The minimum Gasteiger partial charge on any atom is -0.380 e. The molecule has 0 saturated carbocycles. The van der Waals surface area contributed by atoms with Crippen molar-refractivity contribution in [3.8, 4) is 0 Å². The first-order valence-electron chi connectivity index (χ1n) is 7.19. The van der Waals surface area contributed by atoms with Gasteiger partial charge < -0.3 is 11.1 Å². The molecule has 128 valence electrons. The van der Waals surface area contributed by atoms with Crippen LogP contribution in [0.2, 0.25) is 10.0 Å². The van der Waals surface area contributed by atoms with Gasteiger partial charge in [-0.2, -0.15) is 5.21 Å². The molecule has 0 aliphatic rings. The normalized spacial score (nSPS) is 10.6. The Morgan fingerprint density at radius 2 is 1.92 bits per heavy atom. The second-order valence-corrected chi connectivity index (χ2v) is 7.02. The Hall–Kier alpha value is -2.22. The zero-order chi connectivity index (χ0) is 17.8. The summed E-state index contributed by atoms with van der Waals surface area (Å²) in [5.74, 6) is -0.341. The van der Waals surface area contributed by atoms with Gasteiger partial charge in [0.05, 0.1) is 5.02 Å². The quantitative estimate of drug-likeness (QED) is 0.612. The third-order valence-electron chi connectivity index (χ3n) is 3.28. The molecule has 1 heterocycles. The van der Waals surface area contributed by atoms with E-state index in [4.69, 9.17) is 28.9 Å². The van der Waals surface area contributed by atoms with Gasteiger partial charge in [0, 0.05) is 21.4 Å². The van der Waals surface area contributed by atoms with Gasteiger partial charge in [0.25, 0.3) is 5.91 Å². The highest BCUT2D eigenvalue weighted by molar-refractivity contribution is 7.99. The molecule has 0 aliphatic carbocycles. The first-order valence-corrected chi connectivity index (χ1v) is 8.76. The molecule has 9 heteroatoms. The van der Waals surface area contributed by atoms with Crippen molar-refractivity contribution in [2.24, 2.45) is 0 Å². The molecule has 3 rings (SSSR count). The maximum Gasteiger partial charge on any atom is 0.275 e. The molecule has 3 aromatic rings. The summed E-state index contributed by atoms with van der Waals surface area (Å²) in [6.07, 6.45) is 0. The van der Waals surface area contributed by atoms with Crippen LogP contribution in [0.3, 0.4) is 0 Å². The molecule has 0 fully saturated rings. The third kappa shape index (κ3) is 4.45. The first-order chi connectivity index (χ1) is 12.0. The van der Waals surface area contributed by atoms with Crippen LogP contribution in [-0.2, 0) is 6.54 Å². The summed E-state index contributed by atoms with van der Waals surface area (Å²) in [7, 11) is 0. The number of carbonyl (C=O) groups is 1. The summed E-state index contributed by atoms with van der Waals surface area (Å²) in [5.41, 5.74) is 6.47. The standard InChI is InChI=1S/C16H13Cl2N5OS/c17-10-2-4-11(5-3-10)25-13-6-1-9(7-12(13)18)8-20-16(24)14-15(19)22-23-21-14/h1-7H,8H2,(H,20,24)(H3,19,21,22,23). The lowest BCUT2D eigenvalue weighted by atomic mass is 10.2. The number of amides is 1. The predicted octanol–water partition coefficient (Wildman–Crippen LogP) is 3.77. The molecule has 0 saturated heterocycles. The molecule has 6 nitrogen and oxygen atoms in total. The van der Waals surface area contributed by atoms with Crippen molar-refractivity contribution in [2.75, 3.05) is 5.73 Å². The number of anilines is 1. The Balaban J connectivity index is 1.64. The monoisotopic (exact) mass is 393 g/mol. The van der Waals surface area contributed by atoms with E-state index < -0.39 is 5.91 Å². The number of hydrogen-bond donors (Lipinski definition) is 3. The SMILES string of the molecule is Nc1n[nH]nc1C(=O)NCc1ccc(Sc2ccc(Cl)cc2)c(Cl)c1. The van der Waals surface area contributed by atoms with Gasteiger partial charge in [-0.05, 0) is 42.0 Å². The fourth-order valence-corrected chi connectivity index (χ4v) is 3.30. The molecule has 25 heavy (non-hydrogen) atoms. The summed E-state index contributed by atoms with van der Waals surface area (Å²) in [6, 6.07) is 13.1. The molecule has 0 radical (unpaired) electrons. The van der Waals surface area contributed by atoms with Crippen molar-refractivity contribution in [3.63, 3.8) is 0 Å². The van der Waals surface area contributed by atoms with Crippen molar-refractivity contribution in [2.45, 2.75) is 16.3 Å². The number of halogens is 2. The zero-order valence-electron chi connectivity index (χ0n) is 12.8. The van der Waals surface area contributed by atoms with Crippen LogP contribution in [0.25, 0.3) is 0 Å². The summed E-state index contributed by atoms with van der Waals surface area (Å²) >= 11 is 13.8. The van der Waals surface area contributed by atoms with E-state index in [9.17, 15) is 4.79 Å². The summed E-state index contributed by atoms with van der Waals surface area (Å²) in [4.78, 5) is 13.9. The molecule has 4 N–H and O–H groups in total. The highest BCUT2D eigenvalue weighted by Gasteiger charge is 2.13. The average Bonchev–Trinajstić information content (AvgIpc) is 3.03. The van der Waals surface area contributed by atoms with Crippen LogP contribution in [-0.4, -0.2) is 21.3 Å². The van der Waals surface area contributed by atoms with Crippen LogP contribution in [0.4, 0.5) is 5.82 Å². The van der Waals surface area contributed by atoms with Crippen molar-refractivity contribution >= 4 is 46.7 Å². The van der Waals surface area contributed by atoms with Crippen LogP contribution in [0.15, 0.2) is 52.3 Å². The van der Waals surface area contributed by atoms with Gasteiger partial charge in [-0.25, -0.2) is 0 Å². The number of aromatic amines is 1. The number of nitrogens with zero attached hydrogens (tertiary/aromatic N) is 2. The Labute approximate surface area is 158 Å². The highest BCUT2D eigenvalue weighted by atomic mass is 35.5. The fourth-order valence-electron chi connectivity index (χ4n) is 2.04. The van der Waals surface area contributed by atoms with Crippen molar-refractivity contribution in [1.82, 2.24) is 20.7 Å². The van der Waals surface area contributed by atoms with E-state index in [2.05, 4.69) is 20.7 Å². The molecule has 0 atom stereocenters. The van der Waals surface area contributed by atoms with E-state index in [0.29, 0.717) is 16.6 Å². The topological polar surface area (TPSA) is 96.7 Å². The van der Waals surface area contributed by atoms with E-state index in [1.807, 2.05) is 42.5 Å². The first kappa shape index (κ1) is 17.6. The second kappa shape index (κ2) is 7.77. The average molecular weight is 394 g/mol. The second-order valence-electron chi connectivity index (χ2n) is 5.06. The van der Waals surface area contributed by atoms with E-state index >= 15 is 0 Å². The summed E-state index contributed by atoms with van der Waals surface area (Å²) in [6.45, 7) is 0.302. The molecule has 0 bridgehead atoms. The number of nitrogen functional groups attached to an aromatic ring is 1. The number of carbonyl (C=O) groups excluding carboxylic acids is 1. The number of nitrogens with one attached hydrogen (secondary N) is 2. The Morgan fingerprint density at radius 1 is 1.16 bits per heavy atom. The van der Waals surface area contributed by atoms with Crippen LogP contribution >= 0.6 is 35.0 Å². The van der Waals surface area contributed by atoms with E-state index in [1.54, 1.807) is 0 Å². The molecular formula is C16H13Cl2N5OS. The molecular weight excluding hydrogens is 381 g/mol. The lowest BCUT2D eigenvalue weighted by Gasteiger charge is -2.08. The number of aromatic nitrogens is 3. The van der Waals surface area contributed by atoms with E-state index in [-0.39, 0.29) is 11.5 Å². The zero-order valence-corrected chi connectivity index (χ0v) is 15.1. The van der Waals surface area contributed by atoms with Crippen molar-refractivity contribution in [1.29, 1.82) is 0 Å². The van der Waals surface area contributed by atoms with Gasteiger partial charge in [0.15, 0.2) is 11.5 Å². The van der Waals surface area contributed by atoms with Crippen LogP contribution in [0.1, 0.15) is 16.1 Å². The van der Waals surface area contributed by atoms with Gasteiger partial charge in [-0.15, -0.1) is 10.2 Å². The Bertz CT molecular complexity index is 898. The van der Waals surface area contributed by atoms with E-state index in [1.165, 1.54) is 11.8 Å². The summed E-state index contributed by atoms with van der Waals surface area (Å²) in [5, 5.41) is 13.6. The van der Waals surface area contributed by atoms with Crippen molar-refractivity contribution < 1.29 is 4.79 Å². The number of H-pyrrole nitrogens is 1. The largest absolute Gasteiger partial charge is 0.380 e. The summed E-state index contributed by atoms with van der Waals surface area (Å²) < 4.78 is 0. The minimum absolute atomic E-state index is 0.0604. The smallest absolute Gasteiger partial charge is 0.275 e. The number of hydrogen-bond acceptors (Lipinski definition) is 5. The Kier molecular flexibility index (Phi) is 5.47. The van der Waals surface area contributed by atoms with Crippen LogP contribution < -0.4 is 11.1 Å². The highest BCUT2D eigenvalue weighted by Crippen LogP contribution is 2.34. The fraction of sp³-hybridized carbons (Fsp3) is 0.0625. The van der Waals surface area contributed by atoms with Gasteiger partial charge in [0.1, 0.15) is 0 Å². The maximum absolute atomic E-state index is 12.0. The molecule has 0 aliphatic heterocycles. The van der Waals surface area contributed by atoms with Gasteiger partial charge in [0.2, 0.25) is 0 Å². The predicted molar refractivity (Wildman–Crippen MR) is 99.0 cm³/mol. The van der Waals surface area contributed by atoms with E-state index in [0.717, 1.165) is 15.4 Å².